The average Bonchev–Trinajstić information content (AvgIpc) is 3.03. The van der Waals surface area contributed by atoms with Crippen molar-refractivity contribution in [3.8, 4) is 11.4 Å². The first-order chi connectivity index (χ1) is 12.0. The Kier molecular flexibility index (Phi) is 5.38. The van der Waals surface area contributed by atoms with Crippen LogP contribution in [0.1, 0.15) is 17.9 Å². The molecule has 1 heterocycles. The number of nitrogens with zero attached hydrogens (tertiary/aromatic N) is 3. The molecule has 6 nitrogen and oxygen atoms in total. The molecule has 0 aliphatic rings. The Morgan fingerprint density at radius 2 is 1.73 bits per heavy atom. The molecular weight excluding hydrogens is 365 g/mol. The van der Waals surface area contributed by atoms with Gasteiger partial charge in [-0.15, -0.1) is 0 Å². The number of benzene rings is 1. The molecule has 0 radical (unpaired) electrons. The quantitative estimate of drug-likeness (QED) is 0.592. The normalized spacial score (nSPS) is 11.5. The van der Waals surface area contributed by atoms with Crippen LogP contribution in [0.25, 0.3) is 11.4 Å². The Morgan fingerprint density at radius 3 is 2.19 bits per heavy atom. The van der Waals surface area contributed by atoms with Crippen LogP contribution in [0.4, 0.5) is 22.0 Å². The van der Waals surface area contributed by atoms with Crippen molar-refractivity contribution in [2.24, 2.45) is 0 Å². The van der Waals surface area contributed by atoms with Gasteiger partial charge in [-0.3, -0.25) is 9.59 Å². The second-order valence-electron chi connectivity index (χ2n) is 5.46. The molecule has 1 aromatic carbocycles. The third kappa shape index (κ3) is 4.21. The van der Waals surface area contributed by atoms with Gasteiger partial charge in [-0.1, -0.05) is 5.16 Å². The fourth-order valence-electron chi connectivity index (χ4n) is 2.02. The van der Waals surface area contributed by atoms with E-state index in [1.165, 1.54) is 14.1 Å². The summed E-state index contributed by atoms with van der Waals surface area (Å²) < 4.78 is 69.5. The molecule has 0 spiro atoms. The van der Waals surface area contributed by atoms with E-state index in [4.69, 9.17) is 0 Å². The van der Waals surface area contributed by atoms with Crippen molar-refractivity contribution in [3.63, 3.8) is 0 Å². The highest BCUT2D eigenvalue weighted by molar-refractivity contribution is 6.35. The van der Waals surface area contributed by atoms with Crippen LogP contribution < -0.4 is 0 Å². The van der Waals surface area contributed by atoms with Crippen LogP contribution in [0.3, 0.4) is 0 Å². The Morgan fingerprint density at radius 1 is 1.15 bits per heavy atom. The van der Waals surface area contributed by atoms with E-state index >= 15 is 0 Å². The van der Waals surface area contributed by atoms with Gasteiger partial charge in [-0.05, 0) is 18.6 Å². The van der Waals surface area contributed by atoms with E-state index in [0.717, 1.165) is 17.0 Å². The summed E-state index contributed by atoms with van der Waals surface area (Å²) in [5, 5.41) is 3.04. The third-order valence-corrected chi connectivity index (χ3v) is 3.31. The molecule has 0 aliphatic carbocycles. The number of Topliss-reactive ketones (excluding diaryl/α,β-unsaturated/α-hetero) is 1. The van der Waals surface area contributed by atoms with E-state index in [0.29, 0.717) is 0 Å². The van der Waals surface area contributed by atoms with Crippen molar-refractivity contribution in [1.29, 1.82) is 0 Å². The third-order valence-electron chi connectivity index (χ3n) is 3.31. The van der Waals surface area contributed by atoms with Crippen molar-refractivity contribution in [2.75, 3.05) is 14.1 Å². The number of carbonyl (C=O) groups excluding carboxylic acids is 2. The molecule has 1 amide bonds. The summed E-state index contributed by atoms with van der Waals surface area (Å²) in [4.78, 5) is 27.1. The molecule has 26 heavy (non-hydrogen) atoms. The van der Waals surface area contributed by atoms with Gasteiger partial charge in [0.15, 0.2) is 0 Å². The van der Waals surface area contributed by atoms with Crippen LogP contribution in [0.15, 0.2) is 16.7 Å². The van der Waals surface area contributed by atoms with Crippen LogP contribution >= 0.6 is 0 Å². The van der Waals surface area contributed by atoms with Gasteiger partial charge in [-0.2, -0.15) is 18.2 Å². The molecule has 1 aromatic heterocycles. The maximum absolute atomic E-state index is 14.1. The standard InChI is InChI=1S/C15H12F5N3O3/c1-23(2)13(25)11(24)4-3-8-9(16)5-7(6-10(8)17)12-21-14(26-22-12)15(18,19)20/h5-6H,3-4H2,1-2H3. The number of ketones is 1. The average molecular weight is 377 g/mol. The van der Waals surface area contributed by atoms with E-state index in [2.05, 4.69) is 14.7 Å². The van der Waals surface area contributed by atoms with Crippen molar-refractivity contribution in [1.82, 2.24) is 15.0 Å². The minimum Gasteiger partial charge on any atom is -0.342 e. The van der Waals surface area contributed by atoms with Gasteiger partial charge in [0.05, 0.1) is 0 Å². The van der Waals surface area contributed by atoms with Gasteiger partial charge >= 0.3 is 12.1 Å². The van der Waals surface area contributed by atoms with Crippen molar-refractivity contribution in [2.45, 2.75) is 19.0 Å². The van der Waals surface area contributed by atoms with Crippen LogP contribution in [0.2, 0.25) is 0 Å². The highest BCUT2D eigenvalue weighted by atomic mass is 19.4. The maximum atomic E-state index is 14.1. The van der Waals surface area contributed by atoms with Gasteiger partial charge in [0.25, 0.3) is 5.91 Å². The van der Waals surface area contributed by atoms with E-state index in [1.54, 1.807) is 0 Å². The molecule has 11 heteroatoms. The molecule has 0 aliphatic heterocycles. The summed E-state index contributed by atoms with van der Waals surface area (Å²) >= 11 is 0. The highest BCUT2D eigenvalue weighted by Crippen LogP contribution is 2.30. The number of likely N-dealkylation sites (N-methyl/N-ethyl adjacent to an activating group) is 1. The lowest BCUT2D eigenvalue weighted by Crippen LogP contribution is -2.30. The Bertz CT molecular complexity index is 822. The first-order valence-corrected chi connectivity index (χ1v) is 7.14. The van der Waals surface area contributed by atoms with Crippen LogP contribution in [0, 0.1) is 11.6 Å². The Hall–Kier alpha value is -2.85. The molecule has 2 aromatic rings. The number of alkyl halides is 3. The molecule has 140 valence electrons. The monoisotopic (exact) mass is 377 g/mol. The molecular formula is C15H12F5N3O3. The summed E-state index contributed by atoms with van der Waals surface area (Å²) in [6, 6.07) is 1.45. The molecule has 0 saturated heterocycles. The summed E-state index contributed by atoms with van der Waals surface area (Å²) in [6.45, 7) is 0. The topological polar surface area (TPSA) is 76.3 Å². The minimum atomic E-state index is -4.89. The van der Waals surface area contributed by atoms with E-state index < -0.39 is 59.6 Å². The smallest absolute Gasteiger partial charge is 0.342 e. The van der Waals surface area contributed by atoms with Gasteiger partial charge < -0.3 is 9.42 Å². The van der Waals surface area contributed by atoms with Crippen LogP contribution in [0.5, 0.6) is 0 Å². The summed E-state index contributed by atoms with van der Waals surface area (Å²) in [5.41, 5.74) is -0.841. The zero-order valence-electron chi connectivity index (χ0n) is 13.5. The van der Waals surface area contributed by atoms with E-state index in [1.807, 2.05) is 0 Å². The molecule has 0 bridgehead atoms. The number of carbonyl (C=O) groups is 2. The van der Waals surface area contributed by atoms with Crippen LogP contribution in [-0.4, -0.2) is 40.8 Å². The van der Waals surface area contributed by atoms with Crippen LogP contribution in [-0.2, 0) is 22.2 Å². The SMILES string of the molecule is CN(C)C(=O)C(=O)CCc1c(F)cc(-c2noc(C(F)(F)F)n2)cc1F. The van der Waals surface area contributed by atoms with Gasteiger partial charge in [0.2, 0.25) is 11.6 Å². The number of hydrogen-bond acceptors (Lipinski definition) is 5. The maximum Gasteiger partial charge on any atom is 0.471 e. The summed E-state index contributed by atoms with van der Waals surface area (Å²) in [5.74, 6) is -6.14. The predicted octanol–water partition coefficient (Wildman–Crippen LogP) is 2.62. The molecule has 0 atom stereocenters. The zero-order chi connectivity index (χ0) is 19.6. The van der Waals surface area contributed by atoms with Gasteiger partial charge in [0, 0.05) is 31.6 Å². The zero-order valence-corrected chi connectivity index (χ0v) is 13.5. The fraction of sp³-hybridized carbons (Fsp3) is 0.333. The van der Waals surface area contributed by atoms with Crippen molar-refractivity contribution in [3.05, 3.63) is 35.2 Å². The van der Waals surface area contributed by atoms with Gasteiger partial charge in [-0.25, -0.2) is 8.78 Å². The fourth-order valence-corrected chi connectivity index (χ4v) is 2.02. The van der Waals surface area contributed by atoms with Crippen molar-refractivity contribution >= 4 is 11.7 Å². The molecule has 0 unspecified atom stereocenters. The minimum absolute atomic E-state index is 0.362. The molecule has 0 N–H and O–H groups in total. The Balaban J connectivity index is 2.22. The van der Waals surface area contributed by atoms with Crippen molar-refractivity contribution < 1.29 is 36.1 Å². The highest BCUT2D eigenvalue weighted by Gasteiger charge is 2.38. The largest absolute Gasteiger partial charge is 0.471 e. The molecule has 2 rings (SSSR count). The lowest BCUT2D eigenvalue weighted by Gasteiger charge is -2.09. The number of hydrogen-bond donors (Lipinski definition) is 0. The Labute approximate surface area is 143 Å². The summed E-state index contributed by atoms with van der Waals surface area (Å²) in [7, 11) is 2.71. The second kappa shape index (κ2) is 7.18. The lowest BCUT2D eigenvalue weighted by atomic mass is 10.0. The van der Waals surface area contributed by atoms with E-state index in [9.17, 15) is 31.5 Å². The molecule has 0 saturated carbocycles. The predicted molar refractivity (Wildman–Crippen MR) is 76.7 cm³/mol. The lowest BCUT2D eigenvalue weighted by molar-refractivity contribution is -0.159. The van der Waals surface area contributed by atoms with Gasteiger partial charge in [0.1, 0.15) is 11.6 Å². The number of amides is 1. The molecule has 0 fully saturated rings. The number of halogens is 5. The summed E-state index contributed by atoms with van der Waals surface area (Å²) in [6.07, 6.45) is -5.71. The first-order valence-electron chi connectivity index (χ1n) is 7.14. The number of rotatable bonds is 5. The first kappa shape index (κ1) is 19.5. The number of aromatic nitrogens is 2. The van der Waals surface area contributed by atoms with E-state index in [-0.39, 0.29) is 5.56 Å². The second-order valence-corrected chi connectivity index (χ2v) is 5.46.